The summed E-state index contributed by atoms with van der Waals surface area (Å²) in [5.41, 5.74) is 1.13. The third kappa shape index (κ3) is 10.9. The van der Waals surface area contributed by atoms with Gasteiger partial charge >= 0.3 is 52.1 Å². The molecule has 2 aromatic rings. The van der Waals surface area contributed by atoms with Crippen molar-refractivity contribution >= 4 is 22.5 Å². The molecule has 0 saturated heterocycles. The van der Waals surface area contributed by atoms with Crippen LogP contribution in [0.25, 0.3) is 0 Å². The van der Waals surface area contributed by atoms with Gasteiger partial charge in [-0.1, -0.05) is 16.5 Å². The van der Waals surface area contributed by atoms with E-state index < -0.39 is 23.2 Å². The largest absolute Gasteiger partial charge is 1.00 e. The van der Waals surface area contributed by atoms with Crippen molar-refractivity contribution in [1.29, 1.82) is 0 Å². The second-order valence-electron chi connectivity index (χ2n) is 4.79. The SMILES string of the molecule is COc1nc(C)nc(NC(=O)N=S(=O)=O)n1.Cc1cccc(OCCF)c1.[H-].[Na+]. The van der Waals surface area contributed by atoms with Crippen LogP contribution in [-0.2, 0) is 10.5 Å². The number of aromatic nitrogens is 3. The van der Waals surface area contributed by atoms with Crippen LogP contribution in [0.4, 0.5) is 15.1 Å². The van der Waals surface area contributed by atoms with E-state index in [1.807, 2.05) is 36.5 Å². The molecule has 2 rings (SSSR count). The Morgan fingerprint density at radius 3 is 2.57 bits per heavy atom. The van der Waals surface area contributed by atoms with Crippen molar-refractivity contribution in [1.82, 2.24) is 15.0 Å². The van der Waals surface area contributed by atoms with Crippen LogP contribution in [0.3, 0.4) is 0 Å². The maximum Gasteiger partial charge on any atom is 1.00 e. The van der Waals surface area contributed by atoms with Crippen LogP contribution in [0.5, 0.6) is 11.8 Å². The predicted octanol–water partition coefficient (Wildman–Crippen LogP) is -0.757. The van der Waals surface area contributed by atoms with Gasteiger partial charge in [0.15, 0.2) is 0 Å². The number of carbonyl (C=O) groups is 1. The van der Waals surface area contributed by atoms with Gasteiger partial charge in [-0.25, -0.2) is 9.18 Å². The molecule has 0 aliphatic heterocycles. The first-order chi connectivity index (χ1) is 12.8. The zero-order valence-electron chi connectivity index (χ0n) is 16.8. The molecule has 1 heterocycles. The molecule has 0 atom stereocenters. The number of halogens is 1. The van der Waals surface area contributed by atoms with E-state index in [9.17, 15) is 17.6 Å². The third-order valence-electron chi connectivity index (χ3n) is 2.62. The molecule has 1 aromatic carbocycles. The molecular formula is C15H19FN5NaO5S. The Labute approximate surface area is 186 Å². The number of ether oxygens (including phenoxy) is 2. The normalized spacial score (nSPS) is 9.14. The summed E-state index contributed by atoms with van der Waals surface area (Å²) in [5.74, 6) is 0.914. The van der Waals surface area contributed by atoms with Gasteiger partial charge in [0, 0.05) is 0 Å². The van der Waals surface area contributed by atoms with Crippen LogP contribution < -0.4 is 44.3 Å². The van der Waals surface area contributed by atoms with E-state index >= 15 is 0 Å². The summed E-state index contributed by atoms with van der Waals surface area (Å²) >= 11 is 0. The van der Waals surface area contributed by atoms with Crippen LogP contribution in [-0.4, -0.2) is 49.8 Å². The van der Waals surface area contributed by atoms with E-state index in [2.05, 4.69) is 19.3 Å². The average Bonchev–Trinajstić information content (AvgIpc) is 2.59. The quantitative estimate of drug-likeness (QED) is 0.621. The van der Waals surface area contributed by atoms with E-state index in [-0.39, 0.29) is 49.5 Å². The Kier molecular flexibility index (Phi) is 12.9. The van der Waals surface area contributed by atoms with Crippen molar-refractivity contribution < 1.29 is 58.1 Å². The molecule has 0 aliphatic rings. The van der Waals surface area contributed by atoms with Crippen molar-refractivity contribution in [3.05, 3.63) is 35.7 Å². The first-order valence-electron chi connectivity index (χ1n) is 7.48. The van der Waals surface area contributed by atoms with Gasteiger partial charge in [0.1, 0.15) is 24.9 Å². The predicted molar refractivity (Wildman–Crippen MR) is 95.2 cm³/mol. The van der Waals surface area contributed by atoms with Gasteiger partial charge in [-0.2, -0.15) is 23.4 Å². The number of aryl methyl sites for hydroxylation is 2. The summed E-state index contributed by atoms with van der Waals surface area (Å²) in [5, 5.41) is 2.05. The fourth-order valence-electron chi connectivity index (χ4n) is 1.65. The number of alkyl halides is 1. The van der Waals surface area contributed by atoms with E-state index in [4.69, 9.17) is 9.47 Å². The fourth-order valence-corrected chi connectivity index (χ4v) is 1.83. The molecule has 1 aromatic heterocycles. The van der Waals surface area contributed by atoms with Crippen LogP contribution >= 0.6 is 0 Å². The average molecular weight is 423 g/mol. The number of hydrogen-bond donors (Lipinski definition) is 1. The Morgan fingerprint density at radius 1 is 1.29 bits per heavy atom. The Hall–Kier alpha value is -2.15. The standard InChI is InChI=1S/C9H11FO.C6H7N5O4S.Na.H/c1-8-3-2-4-9(7-8)11-6-5-10;1-3-7-4(10-6(8-3)15-2)9-5(12)11-16(13)14;;/h2-4,7H,5-6H2,1H3;1-2H3,(H,7,8,9,10,12);;/q;;+1;-1. The van der Waals surface area contributed by atoms with Gasteiger partial charge in [0.2, 0.25) is 5.95 Å². The van der Waals surface area contributed by atoms with Crippen molar-refractivity contribution in [3.8, 4) is 11.8 Å². The summed E-state index contributed by atoms with van der Waals surface area (Å²) in [4.78, 5) is 22.1. The minimum Gasteiger partial charge on any atom is -1.00 e. The number of rotatable bonds is 5. The van der Waals surface area contributed by atoms with Crippen LogP contribution in [0.1, 0.15) is 12.8 Å². The molecule has 0 unspecified atom stereocenters. The summed E-state index contributed by atoms with van der Waals surface area (Å²) in [6.45, 7) is 3.24. The summed E-state index contributed by atoms with van der Waals surface area (Å²) in [6, 6.07) is 6.48. The molecule has 28 heavy (non-hydrogen) atoms. The molecule has 0 saturated carbocycles. The van der Waals surface area contributed by atoms with Crippen molar-refractivity contribution in [2.75, 3.05) is 25.7 Å². The third-order valence-corrected chi connectivity index (χ3v) is 2.94. The molecule has 0 bridgehead atoms. The number of anilines is 1. The molecule has 0 radical (unpaired) electrons. The molecule has 148 valence electrons. The second kappa shape index (κ2) is 13.9. The Balaban J connectivity index is 0. The van der Waals surface area contributed by atoms with E-state index in [1.54, 1.807) is 6.92 Å². The fraction of sp³-hybridized carbons (Fsp3) is 0.333. The maximum absolute atomic E-state index is 11.7. The maximum atomic E-state index is 11.7. The summed E-state index contributed by atoms with van der Waals surface area (Å²) in [6.07, 6.45) is 0. The van der Waals surface area contributed by atoms with Gasteiger partial charge in [0.05, 0.1) is 7.11 Å². The number of benzene rings is 1. The van der Waals surface area contributed by atoms with Gasteiger partial charge in [-0.15, -0.1) is 0 Å². The molecule has 1 N–H and O–H groups in total. The van der Waals surface area contributed by atoms with Gasteiger partial charge in [0.25, 0.3) is 0 Å². The monoisotopic (exact) mass is 423 g/mol. The number of nitrogens with one attached hydrogen (secondary N) is 1. The zero-order valence-corrected chi connectivity index (χ0v) is 18.7. The second-order valence-corrected chi connectivity index (χ2v) is 5.40. The van der Waals surface area contributed by atoms with Crippen LogP contribution in [0.15, 0.2) is 28.6 Å². The Bertz CT molecular complexity index is 912. The Morgan fingerprint density at radius 2 is 2.00 bits per heavy atom. The molecule has 10 nitrogen and oxygen atoms in total. The van der Waals surface area contributed by atoms with Crippen molar-refractivity contribution in [2.24, 2.45) is 4.36 Å². The molecule has 2 amide bonds. The summed E-state index contributed by atoms with van der Waals surface area (Å²) in [7, 11) is -1.48. The van der Waals surface area contributed by atoms with E-state index in [0.29, 0.717) is 5.82 Å². The topological polar surface area (TPSA) is 133 Å². The zero-order chi connectivity index (χ0) is 20.2. The van der Waals surface area contributed by atoms with E-state index in [0.717, 1.165) is 11.3 Å². The number of carbonyl (C=O) groups excluding carboxylic acids is 1. The number of nitrogens with zero attached hydrogens (tertiary/aromatic N) is 4. The van der Waals surface area contributed by atoms with Gasteiger partial charge in [-0.05, 0) is 31.5 Å². The first kappa shape index (κ1) is 25.9. The number of amides is 2. The minimum absolute atomic E-state index is 0. The number of hydrogen-bond acceptors (Lipinski definition) is 8. The van der Waals surface area contributed by atoms with Crippen LogP contribution in [0.2, 0.25) is 0 Å². The van der Waals surface area contributed by atoms with Crippen molar-refractivity contribution in [3.63, 3.8) is 0 Å². The molecular weight excluding hydrogens is 404 g/mol. The van der Waals surface area contributed by atoms with Gasteiger partial charge in [-0.3, -0.25) is 5.32 Å². The van der Waals surface area contributed by atoms with E-state index in [1.165, 1.54) is 7.11 Å². The van der Waals surface area contributed by atoms with Gasteiger partial charge < -0.3 is 10.9 Å². The number of methoxy groups -OCH3 is 1. The molecule has 0 aliphatic carbocycles. The smallest absolute Gasteiger partial charge is 1.00 e. The molecule has 0 fully saturated rings. The summed E-state index contributed by atoms with van der Waals surface area (Å²) < 4.78 is 44.3. The minimum atomic E-state index is -2.82. The first-order valence-corrected chi connectivity index (χ1v) is 8.51. The van der Waals surface area contributed by atoms with Crippen molar-refractivity contribution in [2.45, 2.75) is 13.8 Å². The molecule has 0 spiro atoms. The van der Waals surface area contributed by atoms with Crippen LogP contribution in [0, 0.1) is 13.8 Å². The molecule has 13 heteroatoms. The number of urea groups is 1.